The summed E-state index contributed by atoms with van der Waals surface area (Å²) in [5, 5.41) is 0. The number of anilines is 6. The van der Waals surface area contributed by atoms with Gasteiger partial charge in [0.25, 0.3) is 0 Å². The van der Waals surface area contributed by atoms with Crippen LogP contribution < -0.4 is 9.80 Å². The zero-order valence-corrected chi connectivity index (χ0v) is 33.3. The Bertz CT molecular complexity index is 3410. The van der Waals surface area contributed by atoms with Gasteiger partial charge in [0.1, 0.15) is 0 Å². The minimum absolute atomic E-state index is 0.100. The first-order chi connectivity index (χ1) is 31.6. The van der Waals surface area contributed by atoms with Crippen LogP contribution in [0.4, 0.5) is 34.1 Å². The van der Waals surface area contributed by atoms with Crippen LogP contribution in [0.2, 0.25) is 0 Å². The van der Waals surface area contributed by atoms with Crippen molar-refractivity contribution in [1.82, 2.24) is 0 Å². The van der Waals surface area contributed by atoms with E-state index in [2.05, 4.69) is 170 Å². The van der Waals surface area contributed by atoms with Gasteiger partial charge in [0.15, 0.2) is 0 Å². The van der Waals surface area contributed by atoms with Crippen molar-refractivity contribution in [2.45, 2.75) is 24.7 Å². The van der Waals surface area contributed by atoms with Crippen LogP contribution in [0.1, 0.15) is 54.1 Å². The first-order valence-corrected chi connectivity index (χ1v) is 20.6. The second kappa shape index (κ2) is 13.0. The fourth-order valence-corrected chi connectivity index (χ4v) is 10.6. The molecular weight excluding hydrogens is 725 g/mol. The molecule has 12 rings (SSSR count). The van der Waals surface area contributed by atoms with Crippen molar-refractivity contribution in [3.8, 4) is 33.4 Å². The third-order valence-corrected chi connectivity index (χ3v) is 13.1. The van der Waals surface area contributed by atoms with Gasteiger partial charge in [-0.05, 0) is 140 Å². The van der Waals surface area contributed by atoms with Crippen molar-refractivity contribution in [3.05, 3.63) is 252 Å². The molecule has 0 heterocycles. The van der Waals surface area contributed by atoms with E-state index in [4.69, 9.17) is 6.85 Å². The standard InChI is InChI=1S/C58H42N2/c1-57(2)51-27-15-12-25-46(51)49-36-42(31-34-52(49)57)60(41-22-10-5-11-23-41)43-32-35-55-50(37-43)47-26-14-17-29-54(47)58(55)53-28-16-13-24-45(53)48-33-30-44(38-56(48)58)59(39-18-6-3-7-19-39)40-20-8-4-9-21-40/h3-38H,1-2H3/i3D,6D,7D,18D,19D. The van der Waals surface area contributed by atoms with Crippen LogP contribution >= 0.6 is 0 Å². The average molecular weight is 772 g/mol. The van der Waals surface area contributed by atoms with Crippen molar-refractivity contribution < 1.29 is 6.85 Å². The number of nitrogens with zero attached hydrogens (tertiary/aromatic N) is 2. The van der Waals surface area contributed by atoms with Gasteiger partial charge < -0.3 is 9.80 Å². The first kappa shape index (κ1) is 29.7. The molecule has 3 aliphatic rings. The molecule has 9 aromatic carbocycles. The quantitative estimate of drug-likeness (QED) is 0.166. The number of para-hydroxylation sites is 3. The fraction of sp³-hybridized carbons (Fsp3) is 0.0690. The second-order valence-electron chi connectivity index (χ2n) is 16.5. The van der Waals surface area contributed by atoms with Gasteiger partial charge in [0.2, 0.25) is 0 Å². The van der Waals surface area contributed by atoms with E-state index in [1.54, 1.807) is 0 Å². The maximum atomic E-state index is 9.12. The SMILES string of the molecule is [2H]c1c([2H])c([2H])c(N(c2ccccc2)c2ccc3c(c2)C2(c4ccccc4-c4cc(N(c5ccccc5)c5ccc6c(c5)-c5ccccc5C6(C)C)ccc42)c2ccccc2-3)c([2H])c1[2H]. The number of benzene rings is 9. The summed E-state index contributed by atoms with van der Waals surface area (Å²) < 4.78 is 44.0. The van der Waals surface area contributed by atoms with Crippen LogP contribution in [-0.2, 0) is 10.8 Å². The van der Waals surface area contributed by atoms with Crippen molar-refractivity contribution >= 4 is 34.1 Å². The Morgan fingerprint density at radius 2 is 0.717 bits per heavy atom. The lowest BCUT2D eigenvalue weighted by Gasteiger charge is -2.32. The molecule has 3 aliphatic carbocycles. The molecule has 0 saturated carbocycles. The Morgan fingerprint density at radius 3 is 1.33 bits per heavy atom. The highest BCUT2D eigenvalue weighted by Crippen LogP contribution is 2.64. The van der Waals surface area contributed by atoms with Crippen LogP contribution in [0.5, 0.6) is 0 Å². The summed E-state index contributed by atoms with van der Waals surface area (Å²) in [5.74, 6) is 0. The van der Waals surface area contributed by atoms with Crippen LogP contribution in [0.15, 0.2) is 218 Å². The van der Waals surface area contributed by atoms with E-state index in [1.807, 2.05) is 41.3 Å². The van der Waals surface area contributed by atoms with Crippen molar-refractivity contribution in [3.63, 3.8) is 0 Å². The molecule has 2 heteroatoms. The van der Waals surface area contributed by atoms with E-state index in [0.717, 1.165) is 50.4 Å². The molecule has 1 atom stereocenters. The van der Waals surface area contributed by atoms with E-state index >= 15 is 0 Å². The van der Waals surface area contributed by atoms with Gasteiger partial charge in [0, 0.05) is 39.5 Å². The number of rotatable bonds is 6. The van der Waals surface area contributed by atoms with Gasteiger partial charge in [-0.3, -0.25) is 0 Å². The summed E-state index contributed by atoms with van der Waals surface area (Å²) in [5.41, 5.74) is 18.2. The minimum Gasteiger partial charge on any atom is -0.310 e. The molecule has 0 amide bonds. The summed E-state index contributed by atoms with van der Waals surface area (Å²) >= 11 is 0. The Kier molecular flexibility index (Phi) is 6.47. The van der Waals surface area contributed by atoms with Crippen molar-refractivity contribution in [1.29, 1.82) is 0 Å². The number of hydrogen-bond donors (Lipinski definition) is 0. The molecule has 0 radical (unpaired) electrons. The highest BCUT2D eigenvalue weighted by Gasteiger charge is 2.52. The Hall–Kier alpha value is -7.42. The largest absolute Gasteiger partial charge is 0.310 e. The van der Waals surface area contributed by atoms with Gasteiger partial charge in [-0.15, -0.1) is 0 Å². The molecule has 60 heavy (non-hydrogen) atoms. The molecule has 2 nitrogen and oxygen atoms in total. The molecule has 0 bridgehead atoms. The van der Waals surface area contributed by atoms with Gasteiger partial charge in [-0.1, -0.05) is 159 Å². The predicted octanol–water partition coefficient (Wildman–Crippen LogP) is 15.3. The van der Waals surface area contributed by atoms with Gasteiger partial charge in [-0.25, -0.2) is 0 Å². The zero-order chi connectivity index (χ0) is 44.4. The summed E-state index contributed by atoms with van der Waals surface area (Å²) in [6.45, 7) is 4.63. The lowest BCUT2D eigenvalue weighted by Crippen LogP contribution is -2.26. The Morgan fingerprint density at radius 1 is 0.317 bits per heavy atom. The smallest absolute Gasteiger partial charge is 0.0726 e. The summed E-state index contributed by atoms with van der Waals surface area (Å²) in [7, 11) is 0. The van der Waals surface area contributed by atoms with Gasteiger partial charge in [-0.2, -0.15) is 0 Å². The minimum atomic E-state index is -0.713. The maximum Gasteiger partial charge on any atom is 0.0726 e. The zero-order valence-electron chi connectivity index (χ0n) is 38.3. The lowest BCUT2D eigenvalue weighted by atomic mass is 9.70. The maximum absolute atomic E-state index is 9.12. The molecule has 9 aromatic rings. The summed E-state index contributed by atoms with van der Waals surface area (Å²) in [6, 6.07) is 64.9. The average Bonchev–Trinajstić information content (AvgIpc) is 3.90. The molecule has 0 fully saturated rings. The fourth-order valence-electron chi connectivity index (χ4n) is 10.6. The number of hydrogen-bond acceptors (Lipinski definition) is 2. The van der Waals surface area contributed by atoms with Gasteiger partial charge >= 0.3 is 0 Å². The van der Waals surface area contributed by atoms with E-state index < -0.39 is 11.5 Å². The van der Waals surface area contributed by atoms with Crippen molar-refractivity contribution in [2.24, 2.45) is 0 Å². The predicted molar refractivity (Wildman–Crippen MR) is 250 cm³/mol. The third kappa shape index (κ3) is 4.82. The van der Waals surface area contributed by atoms with E-state index in [-0.39, 0.29) is 35.3 Å². The normalized spacial score (nSPS) is 16.9. The molecule has 284 valence electrons. The number of fused-ring (bicyclic) bond motifs is 13. The van der Waals surface area contributed by atoms with Crippen LogP contribution in [0.3, 0.4) is 0 Å². The second-order valence-corrected chi connectivity index (χ2v) is 16.5. The molecule has 0 N–H and O–H groups in total. The molecule has 0 aliphatic heterocycles. The van der Waals surface area contributed by atoms with Gasteiger partial charge in [0.05, 0.1) is 12.3 Å². The molecule has 0 saturated heterocycles. The highest BCUT2D eigenvalue weighted by molar-refractivity contribution is 5.98. The molecule has 1 unspecified atom stereocenters. The monoisotopic (exact) mass is 771 g/mol. The van der Waals surface area contributed by atoms with Crippen LogP contribution in [-0.4, -0.2) is 0 Å². The summed E-state index contributed by atoms with van der Waals surface area (Å²) in [4.78, 5) is 4.19. The Balaban J connectivity index is 1.09. The van der Waals surface area contributed by atoms with Crippen LogP contribution in [0, 0.1) is 0 Å². The third-order valence-electron chi connectivity index (χ3n) is 13.1. The van der Waals surface area contributed by atoms with E-state index in [1.165, 1.54) is 33.4 Å². The first-order valence-electron chi connectivity index (χ1n) is 23.1. The molecule has 0 aromatic heterocycles. The molecule has 1 spiro atoms. The highest BCUT2D eigenvalue weighted by atomic mass is 15.1. The van der Waals surface area contributed by atoms with Crippen molar-refractivity contribution in [2.75, 3.05) is 9.80 Å². The Labute approximate surface area is 359 Å². The molecular formula is C58H42N2. The van der Waals surface area contributed by atoms with E-state index in [0.29, 0.717) is 11.4 Å². The topological polar surface area (TPSA) is 6.48 Å². The lowest BCUT2D eigenvalue weighted by molar-refractivity contribution is 0.660. The van der Waals surface area contributed by atoms with Crippen LogP contribution in [0.25, 0.3) is 33.4 Å². The van der Waals surface area contributed by atoms with E-state index in [9.17, 15) is 0 Å². The summed E-state index contributed by atoms with van der Waals surface area (Å²) in [6.07, 6.45) is 0.